The zero-order chi connectivity index (χ0) is 19.2. The van der Waals surface area contributed by atoms with Crippen LogP contribution in [0, 0.1) is 0 Å². The second kappa shape index (κ2) is 8.92. The maximum Gasteiger partial charge on any atom is 0.410 e. The van der Waals surface area contributed by atoms with Crippen molar-refractivity contribution < 1.29 is 23.8 Å². The SMILES string of the molecule is CCOc1ccc(CC(=O)OC2CCN(C(=O)OC(C)(C)C)CC2)cc1. The molecule has 0 aromatic heterocycles. The van der Waals surface area contributed by atoms with E-state index in [0.717, 1.165) is 11.3 Å². The van der Waals surface area contributed by atoms with Gasteiger partial charge in [-0.25, -0.2) is 4.79 Å². The summed E-state index contributed by atoms with van der Waals surface area (Å²) in [6.07, 6.45) is 1.04. The molecule has 0 bridgehead atoms. The fourth-order valence-corrected chi connectivity index (χ4v) is 2.75. The van der Waals surface area contributed by atoms with Crippen LogP contribution in [0.1, 0.15) is 46.1 Å². The maximum atomic E-state index is 12.1. The van der Waals surface area contributed by atoms with Gasteiger partial charge in [-0.3, -0.25) is 4.79 Å². The number of likely N-dealkylation sites (tertiary alicyclic amines) is 1. The smallest absolute Gasteiger partial charge is 0.410 e. The predicted molar refractivity (Wildman–Crippen MR) is 98.2 cm³/mol. The molecule has 1 aliphatic heterocycles. The van der Waals surface area contributed by atoms with Crippen LogP contribution in [0.2, 0.25) is 0 Å². The summed E-state index contributed by atoms with van der Waals surface area (Å²) in [7, 11) is 0. The fourth-order valence-electron chi connectivity index (χ4n) is 2.75. The van der Waals surface area contributed by atoms with Crippen molar-refractivity contribution in [2.75, 3.05) is 19.7 Å². The number of nitrogens with zero attached hydrogens (tertiary/aromatic N) is 1. The Labute approximate surface area is 155 Å². The lowest BCUT2D eigenvalue weighted by Crippen LogP contribution is -2.43. The minimum atomic E-state index is -0.502. The summed E-state index contributed by atoms with van der Waals surface area (Å²) in [5, 5.41) is 0. The van der Waals surface area contributed by atoms with Gasteiger partial charge in [-0.2, -0.15) is 0 Å². The molecule has 2 rings (SSSR count). The van der Waals surface area contributed by atoms with Gasteiger partial charge in [-0.15, -0.1) is 0 Å². The molecule has 1 heterocycles. The summed E-state index contributed by atoms with van der Waals surface area (Å²) < 4.78 is 16.3. The van der Waals surface area contributed by atoms with Crippen molar-refractivity contribution in [3.63, 3.8) is 0 Å². The Bertz CT molecular complexity index is 598. The van der Waals surface area contributed by atoms with Crippen LogP contribution in [-0.4, -0.2) is 48.4 Å². The van der Waals surface area contributed by atoms with Crippen molar-refractivity contribution in [1.29, 1.82) is 0 Å². The minimum Gasteiger partial charge on any atom is -0.494 e. The molecule has 1 aromatic carbocycles. The summed E-state index contributed by atoms with van der Waals surface area (Å²) in [4.78, 5) is 25.8. The van der Waals surface area contributed by atoms with Gasteiger partial charge in [0.2, 0.25) is 0 Å². The number of esters is 1. The molecule has 1 aromatic rings. The molecule has 1 fully saturated rings. The number of piperidine rings is 1. The molecule has 0 aliphatic carbocycles. The number of ether oxygens (including phenoxy) is 3. The van der Waals surface area contributed by atoms with E-state index in [4.69, 9.17) is 14.2 Å². The second-order valence-corrected chi connectivity index (χ2v) is 7.41. The number of hydrogen-bond donors (Lipinski definition) is 0. The first-order chi connectivity index (χ1) is 12.3. The van der Waals surface area contributed by atoms with Gasteiger partial charge in [0.1, 0.15) is 17.5 Å². The zero-order valence-electron chi connectivity index (χ0n) is 16.1. The van der Waals surface area contributed by atoms with E-state index in [1.54, 1.807) is 4.90 Å². The van der Waals surface area contributed by atoms with Crippen LogP contribution < -0.4 is 4.74 Å². The van der Waals surface area contributed by atoms with Gasteiger partial charge in [-0.05, 0) is 45.4 Å². The van der Waals surface area contributed by atoms with Crippen molar-refractivity contribution in [2.24, 2.45) is 0 Å². The van der Waals surface area contributed by atoms with Gasteiger partial charge in [-0.1, -0.05) is 12.1 Å². The first kappa shape index (κ1) is 20.1. The van der Waals surface area contributed by atoms with Crippen molar-refractivity contribution in [3.8, 4) is 5.75 Å². The number of benzene rings is 1. The Morgan fingerprint density at radius 3 is 2.27 bits per heavy atom. The Morgan fingerprint density at radius 1 is 1.12 bits per heavy atom. The van der Waals surface area contributed by atoms with Crippen LogP contribution in [0.25, 0.3) is 0 Å². The second-order valence-electron chi connectivity index (χ2n) is 7.41. The molecule has 144 valence electrons. The van der Waals surface area contributed by atoms with Gasteiger partial charge in [0, 0.05) is 25.9 Å². The molecular weight excluding hydrogens is 334 g/mol. The lowest BCUT2D eigenvalue weighted by Gasteiger charge is -2.33. The van der Waals surface area contributed by atoms with Crippen molar-refractivity contribution in [2.45, 2.75) is 58.7 Å². The van der Waals surface area contributed by atoms with Gasteiger partial charge in [0.15, 0.2) is 0 Å². The lowest BCUT2D eigenvalue weighted by atomic mass is 10.1. The number of hydrogen-bond acceptors (Lipinski definition) is 5. The molecule has 1 amide bonds. The maximum absolute atomic E-state index is 12.1. The van der Waals surface area contributed by atoms with Crippen molar-refractivity contribution in [1.82, 2.24) is 4.90 Å². The first-order valence-corrected chi connectivity index (χ1v) is 9.16. The fraction of sp³-hybridized carbons (Fsp3) is 0.600. The highest BCUT2D eigenvalue weighted by Crippen LogP contribution is 2.18. The van der Waals surface area contributed by atoms with Crippen LogP contribution in [0.4, 0.5) is 4.79 Å². The molecule has 0 unspecified atom stereocenters. The summed E-state index contributed by atoms with van der Waals surface area (Å²) in [5.41, 5.74) is 0.391. The molecule has 0 saturated carbocycles. The highest BCUT2D eigenvalue weighted by atomic mass is 16.6. The third kappa shape index (κ3) is 6.58. The van der Waals surface area contributed by atoms with E-state index in [1.165, 1.54) is 0 Å². The molecule has 0 radical (unpaired) electrons. The molecule has 0 N–H and O–H groups in total. The van der Waals surface area contributed by atoms with Gasteiger partial charge in [0.05, 0.1) is 13.0 Å². The Hall–Kier alpha value is -2.24. The van der Waals surface area contributed by atoms with E-state index in [2.05, 4.69) is 0 Å². The number of carbonyl (C=O) groups excluding carboxylic acids is 2. The third-order valence-electron chi connectivity index (χ3n) is 3.97. The summed E-state index contributed by atoms with van der Waals surface area (Å²) in [6, 6.07) is 7.45. The molecule has 6 heteroatoms. The first-order valence-electron chi connectivity index (χ1n) is 9.16. The molecule has 1 aliphatic rings. The average molecular weight is 363 g/mol. The summed E-state index contributed by atoms with van der Waals surface area (Å²) in [5.74, 6) is 0.545. The Balaban J connectivity index is 1.74. The Morgan fingerprint density at radius 2 is 1.73 bits per heavy atom. The summed E-state index contributed by atoms with van der Waals surface area (Å²) >= 11 is 0. The molecule has 1 saturated heterocycles. The third-order valence-corrected chi connectivity index (χ3v) is 3.97. The molecule has 0 atom stereocenters. The number of rotatable bonds is 5. The molecule has 0 spiro atoms. The van der Waals surface area contributed by atoms with Crippen LogP contribution in [0.3, 0.4) is 0 Å². The van der Waals surface area contributed by atoms with E-state index >= 15 is 0 Å². The lowest BCUT2D eigenvalue weighted by molar-refractivity contribution is -0.150. The standard InChI is InChI=1S/C20H29NO5/c1-5-24-16-8-6-15(7-9-16)14-18(22)25-17-10-12-21(13-11-17)19(23)26-20(2,3)4/h6-9,17H,5,10-14H2,1-4H3. The normalized spacial score (nSPS) is 15.5. The van der Waals surface area contributed by atoms with Crippen LogP contribution >= 0.6 is 0 Å². The quantitative estimate of drug-likeness (QED) is 0.748. The Kier molecular flexibility index (Phi) is 6.89. The van der Waals surface area contributed by atoms with E-state index < -0.39 is 5.60 Å². The predicted octanol–water partition coefficient (Wildman–Crippen LogP) is 3.57. The van der Waals surface area contributed by atoms with Gasteiger partial charge >= 0.3 is 12.1 Å². The monoisotopic (exact) mass is 363 g/mol. The van der Waals surface area contributed by atoms with Crippen LogP contribution in [0.15, 0.2) is 24.3 Å². The van der Waals surface area contributed by atoms with E-state index in [-0.39, 0.29) is 24.6 Å². The molecule has 26 heavy (non-hydrogen) atoms. The largest absolute Gasteiger partial charge is 0.494 e. The van der Waals surface area contributed by atoms with Crippen LogP contribution in [-0.2, 0) is 20.7 Å². The minimum absolute atomic E-state index is 0.149. The number of amides is 1. The van der Waals surface area contributed by atoms with Gasteiger partial charge in [0.25, 0.3) is 0 Å². The highest BCUT2D eigenvalue weighted by molar-refractivity contribution is 5.73. The van der Waals surface area contributed by atoms with Crippen molar-refractivity contribution in [3.05, 3.63) is 29.8 Å². The summed E-state index contributed by atoms with van der Waals surface area (Å²) in [6.45, 7) is 9.16. The number of carbonyl (C=O) groups is 2. The molecule has 6 nitrogen and oxygen atoms in total. The molecular formula is C20H29NO5. The van der Waals surface area contributed by atoms with E-state index in [0.29, 0.717) is 32.5 Å². The average Bonchev–Trinajstić information content (AvgIpc) is 2.56. The van der Waals surface area contributed by atoms with E-state index in [1.807, 2.05) is 52.0 Å². The van der Waals surface area contributed by atoms with Crippen molar-refractivity contribution >= 4 is 12.1 Å². The van der Waals surface area contributed by atoms with Crippen LogP contribution in [0.5, 0.6) is 5.75 Å². The topological polar surface area (TPSA) is 65.1 Å². The zero-order valence-corrected chi connectivity index (χ0v) is 16.1. The highest BCUT2D eigenvalue weighted by Gasteiger charge is 2.28. The van der Waals surface area contributed by atoms with Gasteiger partial charge < -0.3 is 19.1 Å². The van der Waals surface area contributed by atoms with E-state index in [9.17, 15) is 9.59 Å².